The molecule has 1 unspecified atom stereocenters. The monoisotopic (exact) mass is 461 g/mol. The first-order chi connectivity index (χ1) is 15.2. The van der Waals surface area contributed by atoms with E-state index in [0.29, 0.717) is 6.54 Å². The molecular weight excluding hydrogens is 430 g/mol. The van der Waals surface area contributed by atoms with E-state index in [-0.39, 0.29) is 28.2 Å². The largest absolute Gasteiger partial charge is 0.495 e. The predicted octanol–water partition coefficient (Wildman–Crippen LogP) is 2.10. The quantitative estimate of drug-likeness (QED) is 0.648. The second-order valence-electron chi connectivity index (χ2n) is 8.07. The van der Waals surface area contributed by atoms with E-state index in [1.807, 2.05) is 12.1 Å². The molecular formula is C23H31N3O5S. The van der Waals surface area contributed by atoms with Crippen LogP contribution in [-0.4, -0.2) is 70.5 Å². The molecule has 1 saturated heterocycles. The minimum absolute atomic E-state index is 0.0422. The Morgan fingerprint density at radius 1 is 1.22 bits per heavy atom. The van der Waals surface area contributed by atoms with Gasteiger partial charge in [-0.1, -0.05) is 24.3 Å². The SMILES string of the molecule is COc1ccc(C(=O)NCc2cccc(CN3CCOC(C)C3)c2)cc1S(=O)(=O)N(C)C. The summed E-state index contributed by atoms with van der Waals surface area (Å²) < 4.78 is 37.0. The van der Waals surface area contributed by atoms with Gasteiger partial charge in [0.15, 0.2) is 0 Å². The van der Waals surface area contributed by atoms with Crippen molar-refractivity contribution in [2.75, 3.05) is 40.9 Å². The Balaban J connectivity index is 1.68. The summed E-state index contributed by atoms with van der Waals surface area (Å²) in [5.41, 5.74) is 2.41. The summed E-state index contributed by atoms with van der Waals surface area (Å²) in [7, 11) is 0.519. The molecule has 174 valence electrons. The Hall–Kier alpha value is -2.46. The molecule has 8 nitrogen and oxygen atoms in total. The fourth-order valence-corrected chi connectivity index (χ4v) is 4.71. The van der Waals surface area contributed by atoms with Gasteiger partial charge in [-0.05, 0) is 36.2 Å². The summed E-state index contributed by atoms with van der Waals surface area (Å²) >= 11 is 0. The molecule has 32 heavy (non-hydrogen) atoms. The Labute approximate surface area is 190 Å². The smallest absolute Gasteiger partial charge is 0.251 e. The van der Waals surface area contributed by atoms with Crippen LogP contribution in [0.1, 0.15) is 28.4 Å². The van der Waals surface area contributed by atoms with Crippen LogP contribution in [0.3, 0.4) is 0 Å². The van der Waals surface area contributed by atoms with Crippen LogP contribution >= 0.6 is 0 Å². The first kappa shape index (κ1) is 24.2. The number of sulfonamides is 1. The van der Waals surface area contributed by atoms with E-state index < -0.39 is 10.0 Å². The van der Waals surface area contributed by atoms with Gasteiger partial charge >= 0.3 is 0 Å². The van der Waals surface area contributed by atoms with E-state index in [0.717, 1.165) is 36.1 Å². The molecule has 0 bridgehead atoms. The fraction of sp³-hybridized carbons (Fsp3) is 0.435. The first-order valence-electron chi connectivity index (χ1n) is 10.5. The molecule has 1 heterocycles. The van der Waals surface area contributed by atoms with E-state index in [4.69, 9.17) is 9.47 Å². The van der Waals surface area contributed by atoms with Crippen molar-refractivity contribution in [2.45, 2.75) is 31.0 Å². The number of methoxy groups -OCH3 is 1. The second-order valence-corrected chi connectivity index (χ2v) is 10.2. The highest BCUT2D eigenvalue weighted by molar-refractivity contribution is 7.89. The molecule has 3 rings (SSSR count). The first-order valence-corrected chi connectivity index (χ1v) is 11.9. The van der Waals surface area contributed by atoms with Crippen molar-refractivity contribution in [3.8, 4) is 5.75 Å². The number of nitrogens with zero attached hydrogens (tertiary/aromatic N) is 2. The predicted molar refractivity (Wildman–Crippen MR) is 122 cm³/mol. The van der Waals surface area contributed by atoms with Crippen molar-refractivity contribution >= 4 is 15.9 Å². The average Bonchev–Trinajstić information content (AvgIpc) is 2.77. The Bertz CT molecular complexity index is 1060. The van der Waals surface area contributed by atoms with Crippen LogP contribution in [0.2, 0.25) is 0 Å². The van der Waals surface area contributed by atoms with Crippen LogP contribution < -0.4 is 10.1 Å². The van der Waals surface area contributed by atoms with Crippen molar-refractivity contribution in [1.29, 1.82) is 0 Å². The van der Waals surface area contributed by atoms with Crippen molar-refractivity contribution in [1.82, 2.24) is 14.5 Å². The molecule has 1 aliphatic rings. The minimum Gasteiger partial charge on any atom is -0.495 e. The lowest BCUT2D eigenvalue weighted by Crippen LogP contribution is -2.40. The van der Waals surface area contributed by atoms with E-state index >= 15 is 0 Å². The van der Waals surface area contributed by atoms with Crippen molar-refractivity contribution in [3.63, 3.8) is 0 Å². The van der Waals surface area contributed by atoms with E-state index in [1.165, 1.54) is 38.9 Å². The molecule has 1 amide bonds. The Kier molecular flexibility index (Phi) is 7.89. The number of benzene rings is 2. The molecule has 0 spiro atoms. The number of ether oxygens (including phenoxy) is 2. The molecule has 1 fully saturated rings. The molecule has 1 aliphatic heterocycles. The molecule has 1 atom stereocenters. The highest BCUT2D eigenvalue weighted by atomic mass is 32.2. The van der Waals surface area contributed by atoms with E-state index in [2.05, 4.69) is 29.3 Å². The maximum absolute atomic E-state index is 12.7. The summed E-state index contributed by atoms with van der Waals surface area (Å²) in [5.74, 6) is -0.157. The zero-order chi connectivity index (χ0) is 23.3. The molecule has 0 saturated carbocycles. The van der Waals surface area contributed by atoms with Gasteiger partial charge in [-0.15, -0.1) is 0 Å². The van der Waals surface area contributed by atoms with Crippen LogP contribution in [0.25, 0.3) is 0 Å². The molecule has 1 N–H and O–H groups in total. The molecule has 0 aliphatic carbocycles. The highest BCUT2D eigenvalue weighted by Gasteiger charge is 2.24. The van der Waals surface area contributed by atoms with Gasteiger partial charge in [0.05, 0.1) is 19.8 Å². The second kappa shape index (κ2) is 10.4. The molecule has 9 heteroatoms. The number of hydrogen-bond acceptors (Lipinski definition) is 6. The zero-order valence-corrected chi connectivity index (χ0v) is 19.8. The van der Waals surface area contributed by atoms with Crippen LogP contribution in [-0.2, 0) is 27.8 Å². The lowest BCUT2D eigenvalue weighted by atomic mass is 10.1. The van der Waals surface area contributed by atoms with Gasteiger partial charge in [-0.2, -0.15) is 0 Å². The average molecular weight is 462 g/mol. The standard InChI is InChI=1S/C23H31N3O5S/c1-17-15-26(10-11-31-17)16-19-7-5-6-18(12-19)14-24-23(27)20-8-9-21(30-4)22(13-20)32(28,29)25(2)3/h5-9,12-13,17H,10-11,14-16H2,1-4H3,(H,24,27). The van der Waals surface area contributed by atoms with Crippen LogP contribution in [0.4, 0.5) is 0 Å². The minimum atomic E-state index is -3.75. The molecule has 0 aromatic heterocycles. The van der Waals surface area contributed by atoms with E-state index in [9.17, 15) is 13.2 Å². The van der Waals surface area contributed by atoms with Gasteiger partial charge in [0.25, 0.3) is 5.91 Å². The number of morpholine rings is 1. The number of nitrogens with one attached hydrogen (secondary N) is 1. The third-order valence-electron chi connectivity index (χ3n) is 5.36. The molecule has 0 radical (unpaired) electrons. The number of carbonyl (C=O) groups is 1. The molecule has 2 aromatic carbocycles. The maximum Gasteiger partial charge on any atom is 0.251 e. The van der Waals surface area contributed by atoms with Crippen LogP contribution in [0, 0.1) is 0 Å². The summed E-state index contributed by atoms with van der Waals surface area (Å²) in [6, 6.07) is 12.5. The normalized spacial score (nSPS) is 17.3. The van der Waals surface area contributed by atoms with Gasteiger partial charge in [0.1, 0.15) is 10.6 Å². The third-order valence-corrected chi connectivity index (χ3v) is 7.20. The van der Waals surface area contributed by atoms with Gasteiger partial charge in [0, 0.05) is 45.8 Å². The summed E-state index contributed by atoms with van der Waals surface area (Å²) in [6.07, 6.45) is 0.233. The van der Waals surface area contributed by atoms with Gasteiger partial charge in [0.2, 0.25) is 10.0 Å². The van der Waals surface area contributed by atoms with E-state index in [1.54, 1.807) is 6.07 Å². The van der Waals surface area contributed by atoms with Crippen LogP contribution in [0.5, 0.6) is 5.75 Å². The lowest BCUT2D eigenvalue weighted by molar-refractivity contribution is -0.0212. The number of carbonyl (C=O) groups excluding carboxylic acids is 1. The van der Waals surface area contributed by atoms with Gasteiger partial charge in [-0.3, -0.25) is 9.69 Å². The topological polar surface area (TPSA) is 88.2 Å². The van der Waals surface area contributed by atoms with Crippen molar-refractivity contribution in [2.24, 2.45) is 0 Å². The lowest BCUT2D eigenvalue weighted by Gasteiger charge is -2.31. The Morgan fingerprint density at radius 2 is 1.97 bits per heavy atom. The van der Waals surface area contributed by atoms with Crippen LogP contribution in [0.15, 0.2) is 47.4 Å². The van der Waals surface area contributed by atoms with Crippen molar-refractivity contribution in [3.05, 3.63) is 59.2 Å². The number of hydrogen-bond donors (Lipinski definition) is 1. The number of amides is 1. The molecule has 2 aromatic rings. The van der Waals surface area contributed by atoms with Crippen molar-refractivity contribution < 1.29 is 22.7 Å². The fourth-order valence-electron chi connectivity index (χ4n) is 3.63. The summed E-state index contributed by atoms with van der Waals surface area (Å²) in [4.78, 5) is 15.0. The third kappa shape index (κ3) is 5.86. The summed E-state index contributed by atoms with van der Waals surface area (Å²) in [6.45, 7) is 5.79. The number of rotatable bonds is 8. The zero-order valence-electron chi connectivity index (χ0n) is 19.0. The van der Waals surface area contributed by atoms with Gasteiger partial charge in [-0.25, -0.2) is 12.7 Å². The maximum atomic E-state index is 12.7. The highest BCUT2D eigenvalue weighted by Crippen LogP contribution is 2.27. The van der Waals surface area contributed by atoms with Gasteiger partial charge < -0.3 is 14.8 Å². The Morgan fingerprint density at radius 3 is 2.66 bits per heavy atom. The summed E-state index contributed by atoms with van der Waals surface area (Å²) in [5, 5.41) is 2.88.